The van der Waals surface area contributed by atoms with Crippen molar-refractivity contribution in [3.8, 4) is 5.75 Å². The molecule has 1 aliphatic rings. The minimum absolute atomic E-state index is 0.350. The molecule has 1 fully saturated rings. The molecule has 0 aliphatic heterocycles. The summed E-state index contributed by atoms with van der Waals surface area (Å²) in [4.78, 5) is 0. The van der Waals surface area contributed by atoms with Gasteiger partial charge in [0.05, 0.1) is 0 Å². The molecular formula is C13H19NO2. The molecule has 0 radical (unpaired) electrons. The minimum atomic E-state index is -0.430. The van der Waals surface area contributed by atoms with Gasteiger partial charge in [-0.15, -0.1) is 0 Å². The molecule has 0 aromatic heterocycles. The Morgan fingerprint density at radius 1 is 1.50 bits per heavy atom. The van der Waals surface area contributed by atoms with Crippen LogP contribution in [0.15, 0.2) is 24.3 Å². The van der Waals surface area contributed by atoms with E-state index in [1.807, 2.05) is 31.2 Å². The van der Waals surface area contributed by atoms with Gasteiger partial charge >= 0.3 is 0 Å². The van der Waals surface area contributed by atoms with Crippen LogP contribution in [0.25, 0.3) is 0 Å². The second-order valence-electron chi connectivity index (χ2n) is 4.46. The van der Waals surface area contributed by atoms with Crippen molar-refractivity contribution in [1.82, 2.24) is 5.32 Å². The van der Waals surface area contributed by atoms with Crippen LogP contribution >= 0.6 is 0 Å². The predicted octanol–water partition coefficient (Wildman–Crippen LogP) is 1.49. The first-order valence-electron chi connectivity index (χ1n) is 5.85. The lowest BCUT2D eigenvalue weighted by Gasteiger charge is -2.13. The fourth-order valence-electron chi connectivity index (χ4n) is 1.55. The highest BCUT2D eigenvalue weighted by molar-refractivity contribution is 5.27. The topological polar surface area (TPSA) is 41.5 Å². The van der Waals surface area contributed by atoms with Gasteiger partial charge in [-0.2, -0.15) is 0 Å². The molecule has 1 saturated carbocycles. The molecule has 3 nitrogen and oxygen atoms in total. The van der Waals surface area contributed by atoms with Crippen LogP contribution in [0.4, 0.5) is 0 Å². The van der Waals surface area contributed by atoms with Crippen LogP contribution < -0.4 is 10.1 Å². The molecule has 0 spiro atoms. The van der Waals surface area contributed by atoms with Crippen molar-refractivity contribution < 1.29 is 9.84 Å². The van der Waals surface area contributed by atoms with Crippen molar-refractivity contribution in [2.75, 3.05) is 13.2 Å². The minimum Gasteiger partial charge on any atom is -0.491 e. The number of nitrogens with one attached hydrogen (secondary N) is 1. The van der Waals surface area contributed by atoms with E-state index in [1.54, 1.807) is 0 Å². The number of aryl methyl sites for hydroxylation is 1. The summed E-state index contributed by atoms with van der Waals surface area (Å²) < 4.78 is 5.51. The van der Waals surface area contributed by atoms with Crippen molar-refractivity contribution in [2.45, 2.75) is 31.9 Å². The van der Waals surface area contributed by atoms with Crippen LogP contribution in [-0.4, -0.2) is 30.4 Å². The summed E-state index contributed by atoms with van der Waals surface area (Å²) in [7, 11) is 0. The second-order valence-corrected chi connectivity index (χ2v) is 4.46. The highest BCUT2D eigenvalue weighted by Gasteiger charge is 2.21. The zero-order valence-electron chi connectivity index (χ0n) is 9.65. The van der Waals surface area contributed by atoms with E-state index < -0.39 is 6.10 Å². The monoisotopic (exact) mass is 221 g/mol. The van der Waals surface area contributed by atoms with Gasteiger partial charge in [-0.25, -0.2) is 0 Å². The first-order valence-corrected chi connectivity index (χ1v) is 5.85. The highest BCUT2D eigenvalue weighted by Crippen LogP contribution is 2.18. The Kier molecular flexibility index (Phi) is 3.80. The molecular weight excluding hydrogens is 202 g/mol. The maximum Gasteiger partial charge on any atom is 0.119 e. The normalized spacial score (nSPS) is 17.1. The van der Waals surface area contributed by atoms with Crippen molar-refractivity contribution in [2.24, 2.45) is 0 Å². The smallest absolute Gasteiger partial charge is 0.119 e. The van der Waals surface area contributed by atoms with Gasteiger partial charge in [-0.3, -0.25) is 0 Å². The summed E-state index contributed by atoms with van der Waals surface area (Å²) in [6, 6.07) is 8.50. The second kappa shape index (κ2) is 5.32. The molecule has 0 heterocycles. The van der Waals surface area contributed by atoms with Crippen LogP contribution in [0.3, 0.4) is 0 Å². The van der Waals surface area contributed by atoms with E-state index >= 15 is 0 Å². The van der Waals surface area contributed by atoms with Gasteiger partial charge in [0, 0.05) is 12.6 Å². The molecule has 1 unspecified atom stereocenters. The Balaban J connectivity index is 1.69. The number of hydrogen-bond acceptors (Lipinski definition) is 3. The van der Waals surface area contributed by atoms with Gasteiger partial charge < -0.3 is 15.2 Å². The van der Waals surface area contributed by atoms with Crippen LogP contribution in [0.5, 0.6) is 5.75 Å². The van der Waals surface area contributed by atoms with Crippen LogP contribution in [0, 0.1) is 6.92 Å². The Morgan fingerprint density at radius 3 is 3.00 bits per heavy atom. The quantitative estimate of drug-likeness (QED) is 0.764. The summed E-state index contributed by atoms with van der Waals surface area (Å²) in [5.74, 6) is 0.825. The summed E-state index contributed by atoms with van der Waals surface area (Å²) in [6.45, 7) is 3.00. The highest BCUT2D eigenvalue weighted by atomic mass is 16.5. The van der Waals surface area contributed by atoms with Crippen molar-refractivity contribution in [3.05, 3.63) is 29.8 Å². The molecule has 1 atom stereocenters. The van der Waals surface area contributed by atoms with Gasteiger partial charge in [0.2, 0.25) is 0 Å². The predicted molar refractivity (Wildman–Crippen MR) is 63.7 cm³/mol. The molecule has 0 bridgehead atoms. The van der Waals surface area contributed by atoms with E-state index in [2.05, 4.69) is 5.32 Å². The van der Waals surface area contributed by atoms with Gasteiger partial charge in [-0.05, 0) is 37.5 Å². The number of ether oxygens (including phenoxy) is 1. The maximum atomic E-state index is 9.67. The average Bonchev–Trinajstić information content (AvgIpc) is 3.07. The molecule has 88 valence electrons. The fourth-order valence-corrected chi connectivity index (χ4v) is 1.55. The summed E-state index contributed by atoms with van der Waals surface area (Å²) in [5, 5.41) is 12.9. The zero-order valence-corrected chi connectivity index (χ0v) is 9.65. The number of hydrogen-bond donors (Lipinski definition) is 2. The number of aliphatic hydroxyl groups excluding tert-OH is 1. The SMILES string of the molecule is Cc1cccc(OCC(O)CNC2CC2)c1. The summed E-state index contributed by atoms with van der Waals surface area (Å²) >= 11 is 0. The summed E-state index contributed by atoms with van der Waals surface area (Å²) in [6.07, 6.45) is 2.05. The van der Waals surface area contributed by atoms with Crippen molar-refractivity contribution in [3.63, 3.8) is 0 Å². The molecule has 0 saturated heterocycles. The third kappa shape index (κ3) is 3.83. The average molecular weight is 221 g/mol. The van der Waals surface area contributed by atoms with E-state index in [1.165, 1.54) is 18.4 Å². The molecule has 1 aromatic carbocycles. The zero-order chi connectivity index (χ0) is 11.4. The Bertz CT molecular complexity index is 336. The Labute approximate surface area is 96.4 Å². The molecule has 0 amide bonds. The van der Waals surface area contributed by atoms with E-state index in [-0.39, 0.29) is 0 Å². The lowest BCUT2D eigenvalue weighted by Crippen LogP contribution is -2.32. The Hall–Kier alpha value is -1.06. The number of benzene rings is 1. The van der Waals surface area contributed by atoms with Gasteiger partial charge in [0.15, 0.2) is 0 Å². The molecule has 3 heteroatoms. The third-order valence-electron chi connectivity index (χ3n) is 2.65. The third-order valence-corrected chi connectivity index (χ3v) is 2.65. The van der Waals surface area contributed by atoms with Gasteiger partial charge in [0.1, 0.15) is 18.5 Å². The van der Waals surface area contributed by atoms with Crippen LogP contribution in [0.2, 0.25) is 0 Å². The van der Waals surface area contributed by atoms with E-state index in [0.29, 0.717) is 19.2 Å². The fraction of sp³-hybridized carbons (Fsp3) is 0.538. The molecule has 1 aliphatic carbocycles. The van der Waals surface area contributed by atoms with Crippen molar-refractivity contribution >= 4 is 0 Å². The van der Waals surface area contributed by atoms with E-state index in [9.17, 15) is 5.11 Å². The molecule has 1 aromatic rings. The molecule has 16 heavy (non-hydrogen) atoms. The first kappa shape index (κ1) is 11.4. The lowest BCUT2D eigenvalue weighted by atomic mass is 10.2. The first-order chi connectivity index (χ1) is 7.74. The van der Waals surface area contributed by atoms with Gasteiger partial charge in [0.25, 0.3) is 0 Å². The van der Waals surface area contributed by atoms with E-state index in [0.717, 1.165) is 5.75 Å². The largest absolute Gasteiger partial charge is 0.491 e. The van der Waals surface area contributed by atoms with Crippen molar-refractivity contribution in [1.29, 1.82) is 0 Å². The van der Waals surface area contributed by atoms with Crippen LogP contribution in [0.1, 0.15) is 18.4 Å². The van der Waals surface area contributed by atoms with E-state index in [4.69, 9.17) is 4.74 Å². The van der Waals surface area contributed by atoms with Crippen LogP contribution in [-0.2, 0) is 0 Å². The maximum absolute atomic E-state index is 9.67. The number of rotatable bonds is 6. The summed E-state index contributed by atoms with van der Waals surface area (Å²) in [5.41, 5.74) is 1.17. The number of aliphatic hydroxyl groups is 1. The molecule has 2 rings (SSSR count). The van der Waals surface area contributed by atoms with Gasteiger partial charge in [-0.1, -0.05) is 12.1 Å². The Morgan fingerprint density at radius 2 is 2.31 bits per heavy atom. The lowest BCUT2D eigenvalue weighted by molar-refractivity contribution is 0.106. The molecule has 2 N–H and O–H groups in total. The standard InChI is InChI=1S/C13H19NO2/c1-10-3-2-4-13(7-10)16-9-12(15)8-14-11-5-6-11/h2-4,7,11-12,14-15H,5-6,8-9H2,1H3.